The number of nitrogens with one attached hydrogen (secondary N) is 1. The number of carbonyl (C=O) groups excluding carboxylic acids is 2. The second-order valence-corrected chi connectivity index (χ2v) is 5.35. The Labute approximate surface area is 122 Å². The van der Waals surface area contributed by atoms with Gasteiger partial charge in [-0.15, -0.1) is 0 Å². The molecule has 1 atom stereocenters. The van der Waals surface area contributed by atoms with Crippen molar-refractivity contribution >= 4 is 11.9 Å². The van der Waals surface area contributed by atoms with Crippen LogP contribution < -0.4 is 5.32 Å². The zero-order valence-corrected chi connectivity index (χ0v) is 11.9. The van der Waals surface area contributed by atoms with Crippen molar-refractivity contribution in [2.45, 2.75) is 25.9 Å². The van der Waals surface area contributed by atoms with Gasteiger partial charge in [0, 0.05) is 0 Å². The number of urea groups is 1. The zero-order chi connectivity index (χ0) is 15.0. The summed E-state index contributed by atoms with van der Waals surface area (Å²) in [6.45, 7) is 3.87. The van der Waals surface area contributed by atoms with E-state index in [2.05, 4.69) is 5.32 Å². The first-order chi connectivity index (χ1) is 10.0. The molecule has 108 valence electrons. The topological polar surface area (TPSA) is 62.6 Å². The van der Waals surface area contributed by atoms with Gasteiger partial charge in [0.15, 0.2) is 5.54 Å². The van der Waals surface area contributed by atoms with Crippen molar-refractivity contribution in [3.63, 3.8) is 0 Å². The average Bonchev–Trinajstić information content (AvgIpc) is 3.06. The third kappa shape index (κ3) is 2.11. The van der Waals surface area contributed by atoms with Crippen molar-refractivity contribution in [2.75, 3.05) is 0 Å². The highest BCUT2D eigenvalue weighted by Crippen LogP contribution is 2.30. The fourth-order valence-electron chi connectivity index (χ4n) is 2.53. The Morgan fingerprint density at radius 2 is 1.95 bits per heavy atom. The van der Waals surface area contributed by atoms with Gasteiger partial charge >= 0.3 is 6.03 Å². The summed E-state index contributed by atoms with van der Waals surface area (Å²) in [5.41, 5.74) is 0.859. The Kier molecular flexibility index (Phi) is 3.05. The molecule has 3 rings (SSSR count). The van der Waals surface area contributed by atoms with E-state index in [9.17, 15) is 9.59 Å². The van der Waals surface area contributed by atoms with Gasteiger partial charge < -0.3 is 9.73 Å². The van der Waals surface area contributed by atoms with Gasteiger partial charge in [-0.1, -0.05) is 24.3 Å². The molecule has 1 saturated heterocycles. The van der Waals surface area contributed by atoms with Gasteiger partial charge in [-0.3, -0.25) is 9.69 Å². The van der Waals surface area contributed by atoms with E-state index in [-0.39, 0.29) is 12.5 Å². The number of hydrogen-bond acceptors (Lipinski definition) is 3. The third-order valence-corrected chi connectivity index (χ3v) is 3.88. The molecule has 1 aromatic carbocycles. The Balaban J connectivity index is 1.90. The number of rotatable bonds is 3. The second-order valence-electron chi connectivity index (χ2n) is 5.35. The number of nitrogens with zero attached hydrogens (tertiary/aromatic N) is 1. The molecule has 21 heavy (non-hydrogen) atoms. The molecule has 2 heterocycles. The van der Waals surface area contributed by atoms with Crippen LogP contribution in [0.2, 0.25) is 0 Å². The smallest absolute Gasteiger partial charge is 0.325 e. The minimum Gasteiger partial charge on any atom is -0.466 e. The predicted octanol–water partition coefficient (Wildman–Crippen LogP) is 2.56. The van der Waals surface area contributed by atoms with E-state index < -0.39 is 11.6 Å². The predicted molar refractivity (Wildman–Crippen MR) is 76.3 cm³/mol. The highest BCUT2D eigenvalue weighted by molar-refractivity contribution is 6.06. The van der Waals surface area contributed by atoms with E-state index in [1.54, 1.807) is 19.1 Å². The lowest BCUT2D eigenvalue weighted by Crippen LogP contribution is -2.40. The molecule has 1 aromatic heterocycles. The molecular formula is C16H16N2O3. The van der Waals surface area contributed by atoms with E-state index in [0.29, 0.717) is 5.76 Å². The van der Waals surface area contributed by atoms with Crippen LogP contribution in [0.3, 0.4) is 0 Å². The van der Waals surface area contributed by atoms with Gasteiger partial charge in [0.1, 0.15) is 5.76 Å². The zero-order valence-electron chi connectivity index (χ0n) is 11.9. The Morgan fingerprint density at radius 1 is 1.19 bits per heavy atom. The minimum absolute atomic E-state index is 0.258. The molecule has 5 heteroatoms. The van der Waals surface area contributed by atoms with Crippen LogP contribution in [0.5, 0.6) is 0 Å². The van der Waals surface area contributed by atoms with E-state index in [1.165, 1.54) is 11.2 Å². The van der Waals surface area contributed by atoms with Crippen molar-refractivity contribution in [1.29, 1.82) is 0 Å². The molecule has 0 radical (unpaired) electrons. The maximum atomic E-state index is 12.6. The summed E-state index contributed by atoms with van der Waals surface area (Å²) in [7, 11) is 0. The summed E-state index contributed by atoms with van der Waals surface area (Å²) in [6, 6.07) is 10.7. The number of aryl methyl sites for hydroxylation is 1. The van der Waals surface area contributed by atoms with Crippen LogP contribution >= 0.6 is 0 Å². The fourth-order valence-corrected chi connectivity index (χ4v) is 2.53. The summed E-state index contributed by atoms with van der Waals surface area (Å²) in [5, 5.41) is 2.72. The molecule has 5 nitrogen and oxygen atoms in total. The fraction of sp³-hybridized carbons (Fsp3) is 0.250. The normalized spacial score (nSPS) is 21.7. The highest BCUT2D eigenvalue weighted by atomic mass is 16.3. The molecule has 3 amide bonds. The van der Waals surface area contributed by atoms with Crippen molar-refractivity contribution < 1.29 is 14.0 Å². The maximum Gasteiger partial charge on any atom is 0.325 e. The van der Waals surface area contributed by atoms with Crippen LogP contribution in [0.25, 0.3) is 0 Å². The number of benzene rings is 1. The monoisotopic (exact) mass is 284 g/mol. The van der Waals surface area contributed by atoms with Crippen molar-refractivity contribution in [2.24, 2.45) is 0 Å². The first-order valence-corrected chi connectivity index (χ1v) is 6.75. The molecule has 0 spiro atoms. The quantitative estimate of drug-likeness (QED) is 0.881. The van der Waals surface area contributed by atoms with Crippen molar-refractivity contribution in [3.8, 4) is 0 Å². The summed E-state index contributed by atoms with van der Waals surface area (Å²) in [4.78, 5) is 26.0. The third-order valence-electron chi connectivity index (χ3n) is 3.88. The lowest BCUT2D eigenvalue weighted by Gasteiger charge is -2.19. The van der Waals surface area contributed by atoms with Gasteiger partial charge in [0.05, 0.1) is 12.8 Å². The highest BCUT2D eigenvalue weighted by Gasteiger charge is 2.50. The SMILES string of the molecule is Cc1ccccc1CN1C(=O)N[C@](C)(c2ccco2)C1=O. The summed E-state index contributed by atoms with van der Waals surface area (Å²) in [5.74, 6) is 0.138. The second kappa shape index (κ2) is 4.77. The molecule has 0 aliphatic carbocycles. The van der Waals surface area contributed by atoms with Crippen molar-refractivity contribution in [3.05, 3.63) is 59.5 Å². The van der Waals surface area contributed by atoms with Gasteiger partial charge in [0.2, 0.25) is 0 Å². The van der Waals surface area contributed by atoms with E-state index in [4.69, 9.17) is 4.42 Å². The van der Waals surface area contributed by atoms with Crippen LogP contribution in [0.1, 0.15) is 23.8 Å². The molecule has 1 fully saturated rings. The molecule has 1 N–H and O–H groups in total. The summed E-state index contributed by atoms with van der Waals surface area (Å²) in [6.07, 6.45) is 1.49. The van der Waals surface area contributed by atoms with E-state index >= 15 is 0 Å². The number of carbonyl (C=O) groups is 2. The average molecular weight is 284 g/mol. The van der Waals surface area contributed by atoms with Crippen LogP contribution in [0.15, 0.2) is 47.1 Å². The van der Waals surface area contributed by atoms with Crippen molar-refractivity contribution in [1.82, 2.24) is 10.2 Å². The molecular weight excluding hydrogens is 268 g/mol. The lowest BCUT2D eigenvalue weighted by molar-refractivity contribution is -0.132. The van der Waals surface area contributed by atoms with Gasteiger partial charge in [-0.2, -0.15) is 0 Å². The largest absolute Gasteiger partial charge is 0.466 e. The van der Waals surface area contributed by atoms with Crippen LogP contribution in [0.4, 0.5) is 4.79 Å². The number of imide groups is 1. The number of amides is 3. The Morgan fingerprint density at radius 3 is 2.62 bits per heavy atom. The van der Waals surface area contributed by atoms with E-state index in [0.717, 1.165) is 11.1 Å². The van der Waals surface area contributed by atoms with E-state index in [1.807, 2.05) is 31.2 Å². The lowest BCUT2D eigenvalue weighted by atomic mass is 9.99. The first-order valence-electron chi connectivity index (χ1n) is 6.75. The maximum absolute atomic E-state index is 12.6. The Bertz CT molecular complexity index is 693. The molecule has 0 saturated carbocycles. The first kappa shape index (κ1) is 13.4. The molecule has 0 unspecified atom stereocenters. The van der Waals surface area contributed by atoms with Crippen LogP contribution in [-0.4, -0.2) is 16.8 Å². The van der Waals surface area contributed by atoms with Gasteiger partial charge in [-0.25, -0.2) is 4.79 Å². The van der Waals surface area contributed by atoms with Gasteiger partial charge in [-0.05, 0) is 37.1 Å². The van der Waals surface area contributed by atoms with Crippen LogP contribution in [0, 0.1) is 6.92 Å². The molecule has 2 aromatic rings. The standard InChI is InChI=1S/C16H16N2O3/c1-11-6-3-4-7-12(11)10-18-14(19)16(2,17-15(18)20)13-8-5-9-21-13/h3-9H,10H2,1-2H3,(H,17,20)/t16-/m1/s1. The van der Waals surface area contributed by atoms with Gasteiger partial charge in [0.25, 0.3) is 5.91 Å². The summed E-state index contributed by atoms with van der Waals surface area (Å²) < 4.78 is 5.30. The Hall–Kier alpha value is -2.56. The summed E-state index contributed by atoms with van der Waals surface area (Å²) >= 11 is 0. The number of furan rings is 1. The molecule has 1 aliphatic rings. The molecule has 0 bridgehead atoms. The van der Waals surface area contributed by atoms with Crippen LogP contribution in [-0.2, 0) is 16.9 Å². The number of hydrogen-bond donors (Lipinski definition) is 1. The minimum atomic E-state index is -1.14. The molecule has 1 aliphatic heterocycles.